The van der Waals surface area contributed by atoms with Crippen LogP contribution >= 0.6 is 0 Å². The Hall–Kier alpha value is -3.48. The Morgan fingerprint density at radius 3 is 2.81 bits per heavy atom. The van der Waals surface area contributed by atoms with E-state index >= 15 is 0 Å². The van der Waals surface area contributed by atoms with Gasteiger partial charge in [0, 0.05) is 29.8 Å². The number of nitrogens with one attached hydrogen (secondary N) is 3. The van der Waals surface area contributed by atoms with Crippen molar-refractivity contribution in [3.8, 4) is 0 Å². The summed E-state index contributed by atoms with van der Waals surface area (Å²) < 4.78 is 0. The van der Waals surface area contributed by atoms with Crippen molar-refractivity contribution in [3.05, 3.63) is 66.7 Å². The highest BCUT2D eigenvalue weighted by atomic mass is 15.2. The molecule has 2 aliphatic carbocycles. The molecular formula is C25H27N7. The maximum Gasteiger partial charge on any atom is 0.227 e. The number of anilines is 2. The first-order valence-electron chi connectivity index (χ1n) is 11.4. The van der Waals surface area contributed by atoms with E-state index in [0.29, 0.717) is 29.5 Å². The molecule has 32 heavy (non-hydrogen) atoms. The lowest BCUT2D eigenvalue weighted by Gasteiger charge is -2.39. The number of aliphatic imine (C=N–C) groups is 1. The van der Waals surface area contributed by atoms with Gasteiger partial charge in [0.25, 0.3) is 0 Å². The van der Waals surface area contributed by atoms with E-state index in [4.69, 9.17) is 4.98 Å². The summed E-state index contributed by atoms with van der Waals surface area (Å²) in [6, 6.07) is 11.2. The Kier molecular flexibility index (Phi) is 4.56. The smallest absolute Gasteiger partial charge is 0.227 e. The zero-order valence-electron chi connectivity index (χ0n) is 18.1. The lowest BCUT2D eigenvalue weighted by Crippen LogP contribution is -2.42. The minimum Gasteiger partial charge on any atom is -0.365 e. The van der Waals surface area contributed by atoms with Gasteiger partial charge in [0.2, 0.25) is 5.95 Å². The number of aromatic amines is 1. The van der Waals surface area contributed by atoms with Crippen molar-refractivity contribution in [1.82, 2.24) is 19.9 Å². The number of aromatic nitrogens is 4. The van der Waals surface area contributed by atoms with Gasteiger partial charge in [0.1, 0.15) is 5.52 Å². The maximum atomic E-state index is 4.83. The van der Waals surface area contributed by atoms with Crippen LogP contribution in [0.3, 0.4) is 0 Å². The van der Waals surface area contributed by atoms with Gasteiger partial charge in [0.05, 0.1) is 11.9 Å². The molecule has 1 aliphatic heterocycles. The molecular weight excluding hydrogens is 398 g/mol. The van der Waals surface area contributed by atoms with Crippen molar-refractivity contribution in [2.24, 2.45) is 10.9 Å². The number of hydrogen-bond donors (Lipinski definition) is 3. The second-order valence-corrected chi connectivity index (χ2v) is 9.29. The van der Waals surface area contributed by atoms with Gasteiger partial charge < -0.3 is 15.6 Å². The monoisotopic (exact) mass is 425 g/mol. The third-order valence-electron chi connectivity index (χ3n) is 6.91. The molecule has 3 heterocycles. The van der Waals surface area contributed by atoms with Gasteiger partial charge >= 0.3 is 0 Å². The van der Waals surface area contributed by atoms with Crippen LogP contribution in [0, 0.1) is 5.92 Å². The first-order valence-corrected chi connectivity index (χ1v) is 11.4. The number of H-pyrrole nitrogens is 1. The first-order chi connectivity index (χ1) is 15.7. The van der Waals surface area contributed by atoms with Gasteiger partial charge in [-0.3, -0.25) is 4.99 Å². The minimum absolute atomic E-state index is 0.292. The zero-order chi connectivity index (χ0) is 21.5. The second kappa shape index (κ2) is 7.58. The Morgan fingerprint density at radius 2 is 2.00 bits per heavy atom. The highest BCUT2D eigenvalue weighted by molar-refractivity contribution is 6.00. The Balaban J connectivity index is 1.29. The molecule has 0 saturated heterocycles. The number of benzene rings is 1. The van der Waals surface area contributed by atoms with Crippen LogP contribution in [0.4, 0.5) is 11.8 Å². The molecule has 7 heteroatoms. The van der Waals surface area contributed by atoms with Crippen LogP contribution in [-0.4, -0.2) is 37.2 Å². The molecule has 1 fully saturated rings. The van der Waals surface area contributed by atoms with E-state index in [2.05, 4.69) is 86.1 Å². The molecule has 3 aromatic rings. The third kappa shape index (κ3) is 3.47. The molecule has 0 radical (unpaired) electrons. The number of rotatable bonds is 5. The number of fused-ring (bicyclic) bond motifs is 2. The number of imidazole rings is 1. The fourth-order valence-electron chi connectivity index (χ4n) is 4.93. The van der Waals surface area contributed by atoms with Crippen LogP contribution in [0.5, 0.6) is 0 Å². The maximum absolute atomic E-state index is 4.83. The van der Waals surface area contributed by atoms with Crippen LogP contribution in [0.15, 0.2) is 66.1 Å². The summed E-state index contributed by atoms with van der Waals surface area (Å²) in [7, 11) is 0. The Morgan fingerprint density at radius 1 is 1.12 bits per heavy atom. The van der Waals surface area contributed by atoms with Crippen LogP contribution < -0.4 is 10.6 Å². The van der Waals surface area contributed by atoms with E-state index in [1.807, 2.05) is 6.20 Å². The summed E-state index contributed by atoms with van der Waals surface area (Å²) in [5, 5.41) is 7.17. The summed E-state index contributed by atoms with van der Waals surface area (Å²) in [5.74, 6) is 2.03. The fraction of sp³-hybridized carbons (Fsp3) is 0.360. The molecule has 162 valence electrons. The van der Waals surface area contributed by atoms with Crippen molar-refractivity contribution in [2.45, 2.75) is 50.1 Å². The standard InChI is InChI=1S/C25H27N7/c1-25(12-10-20-19(14-25)18(11-13-26-20)16-6-3-2-4-7-16)32-24-30-22-21(27-15-28-22)23(31-24)29-17-8-5-9-17/h2-4,6-7,10-13,15,17-19H,5,8-9,14H2,1H3,(H3,27,28,29,30,31,32). The fourth-order valence-corrected chi connectivity index (χ4v) is 4.93. The van der Waals surface area contributed by atoms with Crippen molar-refractivity contribution < 1.29 is 0 Å². The molecule has 0 amide bonds. The Bertz CT molecular complexity index is 1220. The average molecular weight is 426 g/mol. The molecule has 7 nitrogen and oxygen atoms in total. The minimum atomic E-state index is -0.292. The highest BCUT2D eigenvalue weighted by Crippen LogP contribution is 2.40. The van der Waals surface area contributed by atoms with Crippen molar-refractivity contribution in [3.63, 3.8) is 0 Å². The largest absolute Gasteiger partial charge is 0.365 e. The third-order valence-corrected chi connectivity index (χ3v) is 6.91. The van der Waals surface area contributed by atoms with E-state index in [1.165, 1.54) is 24.8 Å². The summed E-state index contributed by atoms with van der Waals surface area (Å²) in [4.78, 5) is 21.8. The van der Waals surface area contributed by atoms with E-state index in [1.54, 1.807) is 6.33 Å². The summed E-state index contributed by atoms with van der Waals surface area (Å²) in [5.41, 5.74) is 3.71. The van der Waals surface area contributed by atoms with E-state index in [0.717, 1.165) is 23.5 Å². The van der Waals surface area contributed by atoms with Gasteiger partial charge in [-0.15, -0.1) is 0 Å². The highest BCUT2D eigenvalue weighted by Gasteiger charge is 2.37. The summed E-state index contributed by atoms with van der Waals surface area (Å²) in [6.07, 6.45) is 14.7. The first kappa shape index (κ1) is 19.2. The number of hydrogen-bond acceptors (Lipinski definition) is 6. The van der Waals surface area contributed by atoms with Crippen molar-refractivity contribution in [1.29, 1.82) is 0 Å². The van der Waals surface area contributed by atoms with E-state index in [-0.39, 0.29) is 5.54 Å². The number of nitrogens with zero attached hydrogens (tertiary/aromatic N) is 4. The molecule has 3 atom stereocenters. The second-order valence-electron chi connectivity index (χ2n) is 9.29. The lowest BCUT2D eigenvalue weighted by molar-refractivity contribution is 0.444. The molecule has 2 aromatic heterocycles. The molecule has 6 rings (SSSR count). The zero-order valence-corrected chi connectivity index (χ0v) is 18.1. The van der Waals surface area contributed by atoms with Gasteiger partial charge in [-0.25, -0.2) is 4.98 Å². The summed E-state index contributed by atoms with van der Waals surface area (Å²) >= 11 is 0. The van der Waals surface area contributed by atoms with Crippen LogP contribution in [0.25, 0.3) is 11.2 Å². The normalized spacial score (nSPS) is 27.0. The molecule has 3 aliphatic rings. The quantitative estimate of drug-likeness (QED) is 0.545. The molecule has 1 aromatic carbocycles. The van der Waals surface area contributed by atoms with Crippen LogP contribution in [-0.2, 0) is 0 Å². The summed E-state index contributed by atoms with van der Waals surface area (Å²) in [6.45, 7) is 2.21. The molecule has 3 N–H and O–H groups in total. The predicted octanol–water partition coefficient (Wildman–Crippen LogP) is 4.82. The van der Waals surface area contributed by atoms with Crippen LogP contribution in [0.1, 0.15) is 44.1 Å². The lowest BCUT2D eigenvalue weighted by atomic mass is 9.71. The van der Waals surface area contributed by atoms with Gasteiger partial charge in [0.15, 0.2) is 11.5 Å². The number of allylic oxidation sites excluding steroid dienone is 2. The van der Waals surface area contributed by atoms with Gasteiger partial charge in [-0.05, 0) is 44.2 Å². The molecule has 3 unspecified atom stereocenters. The molecule has 1 saturated carbocycles. The Labute approximate surface area is 187 Å². The van der Waals surface area contributed by atoms with Crippen LogP contribution in [0.2, 0.25) is 0 Å². The van der Waals surface area contributed by atoms with E-state index in [9.17, 15) is 0 Å². The van der Waals surface area contributed by atoms with Gasteiger partial charge in [-0.2, -0.15) is 9.97 Å². The topological polar surface area (TPSA) is 90.9 Å². The SMILES string of the molecule is CC1(Nc2nc(NC3CCC3)c3[nH]cnc3n2)C=CC2=NC=CC(c3ccccc3)C2C1. The average Bonchev–Trinajstić information content (AvgIpc) is 3.25. The van der Waals surface area contributed by atoms with E-state index < -0.39 is 0 Å². The molecule has 0 bridgehead atoms. The van der Waals surface area contributed by atoms with Crippen molar-refractivity contribution in [2.75, 3.05) is 10.6 Å². The molecule has 0 spiro atoms. The van der Waals surface area contributed by atoms with Gasteiger partial charge in [-0.1, -0.05) is 42.5 Å². The van der Waals surface area contributed by atoms with Crippen molar-refractivity contribution >= 4 is 28.6 Å². The predicted molar refractivity (Wildman–Crippen MR) is 128 cm³/mol.